The van der Waals surface area contributed by atoms with Crippen molar-refractivity contribution in [3.8, 4) is 0 Å². The van der Waals surface area contributed by atoms with Gasteiger partial charge in [-0.1, -0.05) is 0 Å². The summed E-state index contributed by atoms with van der Waals surface area (Å²) in [5, 5.41) is -0.717. The number of aryl methyl sites for hydroxylation is 2. The van der Waals surface area contributed by atoms with Crippen molar-refractivity contribution in [1.29, 1.82) is 0 Å². The molecule has 2 aromatic rings. The predicted molar refractivity (Wildman–Crippen MR) is 69.9 cm³/mol. The molecule has 0 radical (unpaired) electrons. The van der Waals surface area contributed by atoms with Crippen molar-refractivity contribution in [3.05, 3.63) is 70.0 Å². The average molecular weight is 285 g/mol. The van der Waals surface area contributed by atoms with E-state index in [4.69, 9.17) is 11.6 Å². The molecule has 0 fully saturated rings. The third kappa shape index (κ3) is 2.92. The first-order valence-corrected chi connectivity index (χ1v) is 6.19. The first-order chi connectivity index (χ1) is 8.88. The zero-order valence-corrected chi connectivity index (χ0v) is 11.2. The first-order valence-electron chi connectivity index (χ1n) is 5.75. The Balaban J connectivity index is 2.52. The molecule has 0 aliphatic carbocycles. The Hall–Kier alpha value is -1.48. The number of benzene rings is 2. The molecular formula is C15H12ClF3. The van der Waals surface area contributed by atoms with E-state index in [0.717, 1.165) is 6.07 Å². The van der Waals surface area contributed by atoms with Gasteiger partial charge in [0.05, 0.1) is 5.38 Å². The summed E-state index contributed by atoms with van der Waals surface area (Å²) in [6, 6.07) is 5.87. The Labute approximate surface area is 114 Å². The smallest absolute Gasteiger partial charge is 0.126 e. The Morgan fingerprint density at radius 3 is 1.68 bits per heavy atom. The van der Waals surface area contributed by atoms with E-state index in [9.17, 15) is 13.2 Å². The molecule has 100 valence electrons. The molecule has 2 aromatic carbocycles. The van der Waals surface area contributed by atoms with E-state index in [1.54, 1.807) is 13.8 Å². The monoisotopic (exact) mass is 284 g/mol. The molecule has 0 N–H and O–H groups in total. The third-order valence-electron chi connectivity index (χ3n) is 2.99. The van der Waals surface area contributed by atoms with Gasteiger partial charge >= 0.3 is 0 Å². The van der Waals surface area contributed by atoms with E-state index in [1.165, 1.54) is 24.3 Å². The summed E-state index contributed by atoms with van der Waals surface area (Å²) in [5.74, 6) is -1.72. The van der Waals surface area contributed by atoms with E-state index in [2.05, 4.69) is 0 Å². The fraction of sp³-hybridized carbons (Fsp3) is 0.200. The third-order valence-corrected chi connectivity index (χ3v) is 3.46. The summed E-state index contributed by atoms with van der Waals surface area (Å²) >= 11 is 6.28. The number of hydrogen-bond donors (Lipinski definition) is 0. The van der Waals surface area contributed by atoms with Crippen LogP contribution in [0.3, 0.4) is 0 Å². The highest BCUT2D eigenvalue weighted by Gasteiger charge is 2.18. The van der Waals surface area contributed by atoms with Crippen molar-refractivity contribution in [1.82, 2.24) is 0 Å². The maximum absolute atomic E-state index is 13.2. The molecule has 0 bridgehead atoms. The lowest BCUT2D eigenvalue weighted by atomic mass is 9.95. The second-order valence-corrected chi connectivity index (χ2v) is 4.96. The van der Waals surface area contributed by atoms with Crippen LogP contribution in [0.25, 0.3) is 0 Å². The lowest BCUT2D eigenvalue weighted by Gasteiger charge is -2.16. The second-order valence-electron chi connectivity index (χ2n) is 4.52. The first kappa shape index (κ1) is 13.9. The summed E-state index contributed by atoms with van der Waals surface area (Å²) in [6.07, 6.45) is 0. The maximum atomic E-state index is 13.2. The van der Waals surface area contributed by atoms with Crippen molar-refractivity contribution in [2.45, 2.75) is 19.2 Å². The van der Waals surface area contributed by atoms with Gasteiger partial charge < -0.3 is 0 Å². The Bertz CT molecular complexity index is 580. The molecule has 0 aliphatic heterocycles. The molecular weight excluding hydrogens is 273 g/mol. The van der Waals surface area contributed by atoms with Gasteiger partial charge in [-0.05, 0) is 60.4 Å². The van der Waals surface area contributed by atoms with Crippen molar-refractivity contribution >= 4 is 11.6 Å². The number of hydrogen-bond acceptors (Lipinski definition) is 0. The number of halogens is 4. The van der Waals surface area contributed by atoms with Gasteiger partial charge in [-0.3, -0.25) is 0 Å². The molecule has 0 heterocycles. The Morgan fingerprint density at radius 1 is 0.789 bits per heavy atom. The van der Waals surface area contributed by atoms with Crippen LogP contribution in [0.1, 0.15) is 27.6 Å². The van der Waals surface area contributed by atoms with Gasteiger partial charge in [0.1, 0.15) is 17.5 Å². The van der Waals surface area contributed by atoms with Crippen molar-refractivity contribution in [3.63, 3.8) is 0 Å². The molecule has 0 nitrogen and oxygen atoms in total. The van der Waals surface area contributed by atoms with Crippen molar-refractivity contribution in [2.75, 3.05) is 0 Å². The van der Waals surface area contributed by atoms with Gasteiger partial charge in [-0.15, -0.1) is 11.6 Å². The maximum Gasteiger partial charge on any atom is 0.126 e. The molecule has 0 saturated carbocycles. The summed E-state index contributed by atoms with van der Waals surface area (Å²) < 4.78 is 39.7. The lowest BCUT2D eigenvalue weighted by molar-refractivity contribution is 0.580. The molecule has 4 heteroatoms. The molecule has 1 atom stereocenters. The topological polar surface area (TPSA) is 0 Å². The highest BCUT2D eigenvalue weighted by Crippen LogP contribution is 2.34. The minimum absolute atomic E-state index is 0.317. The lowest BCUT2D eigenvalue weighted by Crippen LogP contribution is -2.02. The Kier molecular flexibility index (Phi) is 3.85. The van der Waals surface area contributed by atoms with E-state index in [0.29, 0.717) is 22.3 Å². The minimum Gasteiger partial charge on any atom is -0.207 e. The fourth-order valence-corrected chi connectivity index (χ4v) is 2.68. The van der Waals surface area contributed by atoms with Gasteiger partial charge in [0, 0.05) is 6.07 Å². The van der Waals surface area contributed by atoms with Gasteiger partial charge in [0.15, 0.2) is 0 Å². The van der Waals surface area contributed by atoms with Gasteiger partial charge in [0.2, 0.25) is 0 Å². The molecule has 1 unspecified atom stereocenters. The number of rotatable bonds is 2. The van der Waals surface area contributed by atoms with Crippen LogP contribution in [-0.2, 0) is 0 Å². The Morgan fingerprint density at radius 2 is 1.21 bits per heavy atom. The van der Waals surface area contributed by atoms with Crippen LogP contribution in [0.5, 0.6) is 0 Å². The molecule has 0 spiro atoms. The van der Waals surface area contributed by atoms with Gasteiger partial charge in [0.25, 0.3) is 0 Å². The largest absolute Gasteiger partial charge is 0.207 e. The molecule has 0 aliphatic rings. The minimum atomic E-state index is -0.717. The van der Waals surface area contributed by atoms with Gasteiger partial charge in [-0.2, -0.15) is 0 Å². The predicted octanol–water partition coefficient (Wildman–Crippen LogP) is 5.05. The van der Waals surface area contributed by atoms with Gasteiger partial charge in [-0.25, -0.2) is 13.2 Å². The highest BCUT2D eigenvalue weighted by atomic mass is 35.5. The normalized spacial score (nSPS) is 12.5. The molecule has 0 aromatic heterocycles. The quantitative estimate of drug-likeness (QED) is 0.677. The van der Waals surface area contributed by atoms with Crippen LogP contribution < -0.4 is 0 Å². The number of alkyl halides is 1. The summed E-state index contributed by atoms with van der Waals surface area (Å²) in [6.45, 7) is 3.44. The molecule has 19 heavy (non-hydrogen) atoms. The molecule has 0 amide bonds. The van der Waals surface area contributed by atoms with E-state index >= 15 is 0 Å². The van der Waals surface area contributed by atoms with Crippen LogP contribution in [0.2, 0.25) is 0 Å². The fourth-order valence-electron chi connectivity index (χ4n) is 2.21. The summed E-state index contributed by atoms with van der Waals surface area (Å²) in [4.78, 5) is 0. The molecule has 0 saturated heterocycles. The van der Waals surface area contributed by atoms with Crippen LogP contribution in [0.4, 0.5) is 13.2 Å². The average Bonchev–Trinajstić information content (AvgIpc) is 2.25. The summed E-state index contributed by atoms with van der Waals surface area (Å²) in [7, 11) is 0. The van der Waals surface area contributed by atoms with E-state index < -0.39 is 17.0 Å². The second kappa shape index (κ2) is 5.25. The van der Waals surface area contributed by atoms with Crippen LogP contribution in [0.15, 0.2) is 30.3 Å². The highest BCUT2D eigenvalue weighted by molar-refractivity contribution is 6.22. The van der Waals surface area contributed by atoms with Crippen LogP contribution >= 0.6 is 11.6 Å². The van der Waals surface area contributed by atoms with Crippen LogP contribution in [0, 0.1) is 31.3 Å². The zero-order valence-electron chi connectivity index (χ0n) is 10.5. The SMILES string of the molecule is Cc1cc(F)cc(C)c1C(Cl)c1cc(F)cc(F)c1. The zero-order chi connectivity index (χ0) is 14.2. The van der Waals surface area contributed by atoms with E-state index in [1.807, 2.05) is 0 Å². The van der Waals surface area contributed by atoms with E-state index in [-0.39, 0.29) is 5.82 Å². The summed E-state index contributed by atoms with van der Waals surface area (Å²) in [5.41, 5.74) is 2.30. The van der Waals surface area contributed by atoms with Crippen molar-refractivity contribution < 1.29 is 13.2 Å². The van der Waals surface area contributed by atoms with Crippen molar-refractivity contribution in [2.24, 2.45) is 0 Å². The molecule has 2 rings (SSSR count). The van der Waals surface area contributed by atoms with Crippen LogP contribution in [-0.4, -0.2) is 0 Å². The standard InChI is InChI=1S/C15H12ClF3/c1-8-3-11(17)4-9(2)14(8)15(16)10-5-12(18)7-13(19)6-10/h3-7,15H,1-2H3.